The zero-order valence-corrected chi connectivity index (χ0v) is 11.8. The number of nitriles is 2. The molecule has 0 heterocycles. The van der Waals surface area contributed by atoms with Crippen LogP contribution in [0, 0.1) is 28.1 Å². The maximum Gasteiger partial charge on any atom is 0.139 e. The van der Waals surface area contributed by atoms with Crippen LogP contribution in [0.25, 0.3) is 0 Å². The molecule has 0 amide bonds. The fraction of sp³-hybridized carbons (Fsp3) is 0.389. The molecule has 2 saturated carbocycles. The van der Waals surface area contributed by atoms with Gasteiger partial charge in [0.2, 0.25) is 0 Å². The van der Waals surface area contributed by atoms with Gasteiger partial charge in [-0.3, -0.25) is 4.79 Å². The van der Waals surface area contributed by atoms with Crippen LogP contribution in [-0.2, 0) is 4.79 Å². The molecule has 1 spiro atoms. The zero-order valence-electron chi connectivity index (χ0n) is 11.8. The Hall–Kier alpha value is -2.39. The molecule has 2 atom stereocenters. The molecule has 2 aliphatic carbocycles. The Morgan fingerprint density at radius 2 is 1.90 bits per heavy atom. The van der Waals surface area contributed by atoms with E-state index >= 15 is 0 Å². The molecule has 0 aromatic heterocycles. The van der Waals surface area contributed by atoms with Crippen molar-refractivity contribution in [1.29, 1.82) is 10.5 Å². The monoisotopic (exact) mass is 276 g/mol. The van der Waals surface area contributed by atoms with Gasteiger partial charge in [0, 0.05) is 11.8 Å². The van der Waals surface area contributed by atoms with E-state index in [2.05, 4.69) is 12.1 Å². The first kappa shape index (κ1) is 13.6. The van der Waals surface area contributed by atoms with Crippen LogP contribution in [0.1, 0.15) is 43.6 Å². The van der Waals surface area contributed by atoms with Crippen molar-refractivity contribution in [3.05, 3.63) is 47.0 Å². The molecule has 21 heavy (non-hydrogen) atoms. The lowest BCUT2D eigenvalue weighted by Gasteiger charge is -2.20. The van der Waals surface area contributed by atoms with Crippen LogP contribution in [0.5, 0.6) is 0 Å². The number of allylic oxidation sites excluding steroid dienone is 2. The molecule has 2 aliphatic rings. The average molecular weight is 276 g/mol. The van der Waals surface area contributed by atoms with E-state index in [0.717, 1.165) is 18.4 Å². The van der Waals surface area contributed by atoms with Crippen molar-refractivity contribution >= 4 is 5.78 Å². The van der Waals surface area contributed by atoms with E-state index in [9.17, 15) is 4.79 Å². The molecule has 3 heteroatoms. The lowest BCUT2D eigenvalue weighted by molar-refractivity contribution is -0.125. The van der Waals surface area contributed by atoms with Crippen LogP contribution < -0.4 is 0 Å². The van der Waals surface area contributed by atoms with E-state index in [1.54, 1.807) is 0 Å². The Kier molecular flexibility index (Phi) is 3.35. The SMILES string of the molecule is N#CC(C#N)=C1CCC2(C1)CC(c1ccccc1)CC2=O. The first-order valence-corrected chi connectivity index (χ1v) is 7.29. The summed E-state index contributed by atoms with van der Waals surface area (Å²) in [7, 11) is 0. The van der Waals surface area contributed by atoms with Crippen molar-refractivity contribution in [3.8, 4) is 12.1 Å². The second kappa shape index (κ2) is 5.19. The van der Waals surface area contributed by atoms with Crippen molar-refractivity contribution in [2.24, 2.45) is 5.41 Å². The Morgan fingerprint density at radius 3 is 2.57 bits per heavy atom. The van der Waals surface area contributed by atoms with Gasteiger partial charge in [0.1, 0.15) is 23.5 Å². The lowest BCUT2D eigenvalue weighted by atomic mass is 9.81. The van der Waals surface area contributed by atoms with Gasteiger partial charge < -0.3 is 0 Å². The molecule has 0 saturated heterocycles. The van der Waals surface area contributed by atoms with Crippen molar-refractivity contribution in [3.63, 3.8) is 0 Å². The van der Waals surface area contributed by atoms with E-state index in [-0.39, 0.29) is 16.9 Å². The van der Waals surface area contributed by atoms with E-state index in [4.69, 9.17) is 10.5 Å². The highest BCUT2D eigenvalue weighted by Gasteiger charge is 2.50. The largest absolute Gasteiger partial charge is 0.299 e. The minimum Gasteiger partial charge on any atom is -0.299 e. The first-order chi connectivity index (χ1) is 10.2. The highest BCUT2D eigenvalue weighted by molar-refractivity contribution is 5.89. The molecular weight excluding hydrogens is 260 g/mol. The number of ketones is 1. The van der Waals surface area contributed by atoms with E-state index in [0.29, 0.717) is 25.0 Å². The molecule has 2 fully saturated rings. The average Bonchev–Trinajstić information content (AvgIpc) is 3.07. The Bertz CT molecular complexity index is 674. The van der Waals surface area contributed by atoms with E-state index in [1.165, 1.54) is 5.56 Å². The van der Waals surface area contributed by atoms with Gasteiger partial charge in [0.05, 0.1) is 0 Å². The van der Waals surface area contributed by atoms with Gasteiger partial charge >= 0.3 is 0 Å². The minimum atomic E-state index is -0.325. The van der Waals surface area contributed by atoms with Crippen LogP contribution in [0.15, 0.2) is 41.5 Å². The quantitative estimate of drug-likeness (QED) is 0.735. The third-order valence-corrected chi connectivity index (χ3v) is 4.97. The number of Topliss-reactive ketones (excluding diaryl/α,β-unsaturated/α-hetero) is 1. The number of carbonyl (C=O) groups is 1. The number of hydrogen-bond donors (Lipinski definition) is 0. The third kappa shape index (κ3) is 2.26. The minimum absolute atomic E-state index is 0.211. The summed E-state index contributed by atoms with van der Waals surface area (Å²) < 4.78 is 0. The maximum atomic E-state index is 12.5. The standard InChI is InChI=1S/C18H16N2O/c19-11-16(12-20)14-6-7-18(9-14)10-15(8-17(18)21)13-4-2-1-3-5-13/h1-5,15H,6-10H2. The summed E-state index contributed by atoms with van der Waals surface area (Å²) in [6.07, 6.45) is 3.54. The van der Waals surface area contributed by atoms with Crippen molar-refractivity contribution in [2.45, 2.75) is 38.0 Å². The molecule has 3 nitrogen and oxygen atoms in total. The molecular formula is C18H16N2O. The number of carbonyl (C=O) groups excluding carboxylic acids is 1. The first-order valence-electron chi connectivity index (χ1n) is 7.29. The number of benzene rings is 1. The van der Waals surface area contributed by atoms with Gasteiger partial charge in [-0.2, -0.15) is 10.5 Å². The summed E-state index contributed by atoms with van der Waals surface area (Å²) in [5, 5.41) is 18.0. The Morgan fingerprint density at radius 1 is 1.19 bits per heavy atom. The number of rotatable bonds is 1. The molecule has 1 aromatic rings. The summed E-state index contributed by atoms with van der Waals surface area (Å²) in [5.41, 5.74) is 1.99. The summed E-state index contributed by atoms with van der Waals surface area (Å²) >= 11 is 0. The fourth-order valence-corrected chi connectivity index (χ4v) is 3.84. The van der Waals surface area contributed by atoms with Crippen molar-refractivity contribution in [1.82, 2.24) is 0 Å². The third-order valence-electron chi connectivity index (χ3n) is 4.97. The highest BCUT2D eigenvalue weighted by Crippen LogP contribution is 2.55. The molecule has 0 radical (unpaired) electrons. The van der Waals surface area contributed by atoms with Crippen LogP contribution >= 0.6 is 0 Å². The van der Waals surface area contributed by atoms with Crippen molar-refractivity contribution < 1.29 is 4.79 Å². The molecule has 2 unspecified atom stereocenters. The smallest absolute Gasteiger partial charge is 0.139 e. The molecule has 104 valence electrons. The molecule has 3 rings (SSSR count). The fourth-order valence-electron chi connectivity index (χ4n) is 3.84. The predicted octanol–water partition coefficient (Wildman–Crippen LogP) is 3.65. The predicted molar refractivity (Wildman–Crippen MR) is 78.0 cm³/mol. The van der Waals surface area contributed by atoms with Crippen LogP contribution in [-0.4, -0.2) is 5.78 Å². The second-order valence-electron chi connectivity index (χ2n) is 6.10. The number of nitrogens with zero attached hydrogens (tertiary/aromatic N) is 2. The lowest BCUT2D eigenvalue weighted by Crippen LogP contribution is -2.21. The van der Waals surface area contributed by atoms with Gasteiger partial charge in [0.25, 0.3) is 0 Å². The van der Waals surface area contributed by atoms with Gasteiger partial charge in [-0.05, 0) is 42.7 Å². The summed E-state index contributed by atoms with van der Waals surface area (Å²) in [6, 6.07) is 14.1. The zero-order chi connectivity index (χ0) is 14.9. The maximum absolute atomic E-state index is 12.5. The second-order valence-corrected chi connectivity index (χ2v) is 6.10. The molecule has 0 aliphatic heterocycles. The van der Waals surface area contributed by atoms with Gasteiger partial charge in [-0.1, -0.05) is 30.3 Å². The Balaban J connectivity index is 1.86. The van der Waals surface area contributed by atoms with Gasteiger partial charge in [0.15, 0.2) is 0 Å². The topological polar surface area (TPSA) is 64.7 Å². The highest BCUT2D eigenvalue weighted by atomic mass is 16.1. The number of hydrogen-bond acceptors (Lipinski definition) is 3. The van der Waals surface area contributed by atoms with Gasteiger partial charge in [-0.15, -0.1) is 0 Å². The van der Waals surface area contributed by atoms with Crippen LogP contribution in [0.3, 0.4) is 0 Å². The Labute approximate surface area is 124 Å². The summed E-state index contributed by atoms with van der Waals surface area (Å²) in [6.45, 7) is 0. The molecule has 0 bridgehead atoms. The van der Waals surface area contributed by atoms with Crippen molar-refractivity contribution in [2.75, 3.05) is 0 Å². The normalized spacial score (nSPS) is 27.6. The van der Waals surface area contributed by atoms with E-state index in [1.807, 2.05) is 30.3 Å². The summed E-state index contributed by atoms with van der Waals surface area (Å²) in [4.78, 5) is 12.5. The molecule has 0 N–H and O–H groups in total. The van der Waals surface area contributed by atoms with Gasteiger partial charge in [-0.25, -0.2) is 0 Å². The molecule has 1 aromatic carbocycles. The van der Waals surface area contributed by atoms with Crippen LogP contribution in [0.2, 0.25) is 0 Å². The summed E-state index contributed by atoms with van der Waals surface area (Å²) in [5.74, 6) is 0.590. The van der Waals surface area contributed by atoms with E-state index < -0.39 is 0 Å². The van der Waals surface area contributed by atoms with Crippen LogP contribution in [0.4, 0.5) is 0 Å².